The predicted molar refractivity (Wildman–Crippen MR) is 64.7 cm³/mol. The fraction of sp³-hybridized carbons (Fsp3) is 0.538. The van der Waals surface area contributed by atoms with Crippen LogP contribution in [0.2, 0.25) is 0 Å². The smallest absolute Gasteiger partial charge is 0.0684 e. The van der Waals surface area contributed by atoms with Crippen LogP contribution in [0.25, 0.3) is 0 Å². The molecule has 0 bridgehead atoms. The summed E-state index contributed by atoms with van der Waals surface area (Å²) in [7, 11) is 0. The van der Waals surface area contributed by atoms with E-state index in [9.17, 15) is 0 Å². The molecular formula is C13H19N3. The first kappa shape index (κ1) is 12.7. The van der Waals surface area contributed by atoms with Crippen molar-refractivity contribution in [2.24, 2.45) is 5.41 Å². The molecule has 0 aliphatic rings. The first-order valence-electron chi connectivity index (χ1n) is 5.58. The van der Waals surface area contributed by atoms with Crippen molar-refractivity contribution in [2.75, 3.05) is 6.54 Å². The van der Waals surface area contributed by atoms with Gasteiger partial charge in [-0.05, 0) is 45.9 Å². The molecule has 0 spiro atoms. The van der Waals surface area contributed by atoms with Gasteiger partial charge in [-0.3, -0.25) is 4.98 Å². The van der Waals surface area contributed by atoms with Gasteiger partial charge in [0, 0.05) is 12.2 Å². The Morgan fingerprint density at radius 3 is 2.81 bits per heavy atom. The molecule has 86 valence electrons. The number of aryl methyl sites for hydroxylation is 1. The molecule has 1 aromatic heterocycles. The van der Waals surface area contributed by atoms with Gasteiger partial charge in [0.25, 0.3) is 0 Å². The first-order valence-corrected chi connectivity index (χ1v) is 5.58. The Hall–Kier alpha value is -1.40. The van der Waals surface area contributed by atoms with Gasteiger partial charge in [0.15, 0.2) is 0 Å². The largest absolute Gasteiger partial charge is 0.311 e. The molecule has 0 atom stereocenters. The third kappa shape index (κ3) is 4.41. The number of aromatic nitrogens is 1. The van der Waals surface area contributed by atoms with Crippen LogP contribution in [-0.4, -0.2) is 11.5 Å². The topological polar surface area (TPSA) is 48.7 Å². The van der Waals surface area contributed by atoms with E-state index in [1.54, 1.807) is 0 Å². The van der Waals surface area contributed by atoms with Gasteiger partial charge in [-0.15, -0.1) is 0 Å². The van der Waals surface area contributed by atoms with Gasteiger partial charge in [-0.2, -0.15) is 5.26 Å². The Labute approximate surface area is 97.5 Å². The van der Waals surface area contributed by atoms with Crippen LogP contribution >= 0.6 is 0 Å². The van der Waals surface area contributed by atoms with E-state index >= 15 is 0 Å². The molecule has 1 heterocycles. The van der Waals surface area contributed by atoms with Crippen molar-refractivity contribution in [3.05, 3.63) is 29.6 Å². The van der Waals surface area contributed by atoms with Gasteiger partial charge >= 0.3 is 0 Å². The lowest BCUT2D eigenvalue weighted by molar-refractivity contribution is 0.431. The summed E-state index contributed by atoms with van der Waals surface area (Å²) in [5, 5.41) is 12.2. The number of hydrogen-bond acceptors (Lipinski definition) is 3. The Morgan fingerprint density at radius 1 is 1.44 bits per heavy atom. The first-order chi connectivity index (χ1) is 7.53. The van der Waals surface area contributed by atoms with Crippen LogP contribution in [-0.2, 0) is 6.54 Å². The molecule has 1 N–H and O–H groups in total. The molecule has 0 unspecified atom stereocenters. The van der Waals surface area contributed by atoms with E-state index in [1.807, 2.05) is 39.0 Å². The van der Waals surface area contributed by atoms with Crippen molar-refractivity contribution in [2.45, 2.75) is 33.7 Å². The monoisotopic (exact) mass is 217 g/mol. The van der Waals surface area contributed by atoms with Gasteiger partial charge in [0.1, 0.15) is 0 Å². The van der Waals surface area contributed by atoms with E-state index in [-0.39, 0.29) is 5.41 Å². The highest BCUT2D eigenvalue weighted by atomic mass is 14.9. The summed E-state index contributed by atoms with van der Waals surface area (Å²) in [5.74, 6) is 0. The van der Waals surface area contributed by atoms with Gasteiger partial charge in [0.2, 0.25) is 0 Å². The summed E-state index contributed by atoms with van der Waals surface area (Å²) >= 11 is 0. The lowest BCUT2D eigenvalue weighted by Crippen LogP contribution is -2.21. The predicted octanol–water partition coefficient (Wildman–Crippen LogP) is 2.42. The third-order valence-corrected chi connectivity index (χ3v) is 2.48. The number of nitriles is 1. The van der Waals surface area contributed by atoms with Crippen molar-refractivity contribution in [1.29, 1.82) is 5.26 Å². The minimum atomic E-state index is -0.243. The van der Waals surface area contributed by atoms with Crippen LogP contribution in [0.1, 0.15) is 31.7 Å². The minimum Gasteiger partial charge on any atom is -0.311 e. The van der Waals surface area contributed by atoms with Crippen LogP contribution in [0.5, 0.6) is 0 Å². The van der Waals surface area contributed by atoms with Crippen molar-refractivity contribution in [1.82, 2.24) is 10.3 Å². The normalized spacial score (nSPS) is 11.1. The van der Waals surface area contributed by atoms with E-state index < -0.39 is 0 Å². The lowest BCUT2D eigenvalue weighted by Gasteiger charge is -2.14. The maximum Gasteiger partial charge on any atom is 0.0684 e. The SMILES string of the molecule is Cc1cccc(CNCCC(C)(C)C#N)n1. The maximum atomic E-state index is 8.86. The Kier molecular flexibility index (Phi) is 4.45. The highest BCUT2D eigenvalue weighted by Crippen LogP contribution is 2.17. The van der Waals surface area contributed by atoms with Crippen molar-refractivity contribution in [3.63, 3.8) is 0 Å². The van der Waals surface area contributed by atoms with E-state index in [2.05, 4.69) is 16.4 Å². The van der Waals surface area contributed by atoms with Crippen molar-refractivity contribution >= 4 is 0 Å². The molecule has 0 fully saturated rings. The molecular weight excluding hydrogens is 198 g/mol. The zero-order valence-electron chi connectivity index (χ0n) is 10.2. The van der Waals surface area contributed by atoms with Crippen LogP contribution in [0.3, 0.4) is 0 Å². The van der Waals surface area contributed by atoms with Crippen molar-refractivity contribution in [3.8, 4) is 6.07 Å². The Morgan fingerprint density at radius 2 is 2.19 bits per heavy atom. The minimum absolute atomic E-state index is 0.243. The van der Waals surface area contributed by atoms with E-state index in [1.165, 1.54) is 0 Å². The summed E-state index contributed by atoms with van der Waals surface area (Å²) in [5.41, 5.74) is 1.85. The summed E-state index contributed by atoms with van der Waals surface area (Å²) < 4.78 is 0. The van der Waals surface area contributed by atoms with Gasteiger partial charge in [-0.1, -0.05) is 6.07 Å². The summed E-state index contributed by atoms with van der Waals surface area (Å²) in [6.07, 6.45) is 0.856. The van der Waals surface area contributed by atoms with Gasteiger partial charge < -0.3 is 5.32 Å². The standard InChI is InChI=1S/C13H19N3/c1-11-5-4-6-12(16-11)9-15-8-7-13(2,3)10-14/h4-6,15H,7-9H2,1-3H3. The number of pyridine rings is 1. The molecule has 0 radical (unpaired) electrons. The van der Waals surface area contributed by atoms with Gasteiger partial charge in [-0.25, -0.2) is 0 Å². The van der Waals surface area contributed by atoms with Crippen LogP contribution in [0, 0.1) is 23.7 Å². The molecule has 0 saturated heterocycles. The molecule has 3 heteroatoms. The summed E-state index contributed by atoms with van der Waals surface area (Å²) in [6, 6.07) is 8.30. The van der Waals surface area contributed by atoms with E-state index in [0.29, 0.717) is 0 Å². The second kappa shape index (κ2) is 5.62. The van der Waals surface area contributed by atoms with E-state index in [4.69, 9.17) is 5.26 Å². The zero-order chi connectivity index (χ0) is 12.0. The fourth-order valence-corrected chi connectivity index (χ4v) is 1.37. The summed E-state index contributed by atoms with van der Waals surface area (Å²) in [4.78, 5) is 4.40. The molecule has 16 heavy (non-hydrogen) atoms. The molecule has 1 aromatic rings. The van der Waals surface area contributed by atoms with Crippen LogP contribution in [0.4, 0.5) is 0 Å². The number of rotatable bonds is 5. The number of nitrogens with one attached hydrogen (secondary N) is 1. The molecule has 0 amide bonds. The second-order valence-corrected chi connectivity index (χ2v) is 4.69. The molecule has 0 aliphatic carbocycles. The van der Waals surface area contributed by atoms with Gasteiger partial charge in [0.05, 0.1) is 17.2 Å². The second-order valence-electron chi connectivity index (χ2n) is 4.69. The number of nitrogens with zero attached hydrogens (tertiary/aromatic N) is 2. The average Bonchev–Trinajstić information content (AvgIpc) is 2.25. The number of hydrogen-bond donors (Lipinski definition) is 1. The molecule has 0 aliphatic heterocycles. The summed E-state index contributed by atoms with van der Waals surface area (Å²) in [6.45, 7) is 7.51. The molecule has 0 aromatic carbocycles. The van der Waals surface area contributed by atoms with Crippen LogP contribution in [0.15, 0.2) is 18.2 Å². The lowest BCUT2D eigenvalue weighted by atomic mass is 9.91. The van der Waals surface area contributed by atoms with Crippen molar-refractivity contribution < 1.29 is 0 Å². The molecule has 0 saturated carbocycles. The maximum absolute atomic E-state index is 8.86. The Balaban J connectivity index is 2.29. The highest BCUT2D eigenvalue weighted by molar-refractivity contribution is 5.09. The zero-order valence-corrected chi connectivity index (χ0v) is 10.2. The third-order valence-electron chi connectivity index (χ3n) is 2.48. The quantitative estimate of drug-likeness (QED) is 0.770. The fourth-order valence-electron chi connectivity index (χ4n) is 1.37. The molecule has 1 rings (SSSR count). The highest BCUT2D eigenvalue weighted by Gasteiger charge is 2.15. The molecule has 3 nitrogen and oxygen atoms in total. The van der Waals surface area contributed by atoms with E-state index in [0.717, 1.165) is 30.9 Å². The Bertz CT molecular complexity index is 377. The average molecular weight is 217 g/mol. The van der Waals surface area contributed by atoms with Crippen LogP contribution < -0.4 is 5.32 Å².